The first-order valence-electron chi connectivity index (χ1n) is 4.33. The first kappa shape index (κ1) is 12.9. The lowest BCUT2D eigenvalue weighted by atomic mass is 10.2. The van der Waals surface area contributed by atoms with Crippen LogP contribution in [-0.2, 0) is 14.8 Å². The standard InChI is InChI=1S/C8H19NO3S/c1-8(2)7-9(3)13(10,11)6-5-12-4/h8H,5-7H2,1-4H3. The van der Waals surface area contributed by atoms with Crippen LogP contribution in [0.5, 0.6) is 0 Å². The molecule has 4 nitrogen and oxygen atoms in total. The van der Waals surface area contributed by atoms with E-state index in [-0.39, 0.29) is 12.4 Å². The molecule has 0 heterocycles. The summed E-state index contributed by atoms with van der Waals surface area (Å²) in [6.07, 6.45) is 0. The summed E-state index contributed by atoms with van der Waals surface area (Å²) in [7, 11) is -0.00901. The van der Waals surface area contributed by atoms with Crippen LogP contribution in [0.4, 0.5) is 0 Å². The molecule has 13 heavy (non-hydrogen) atoms. The second-order valence-corrected chi connectivity index (χ2v) is 5.68. The molecule has 0 aromatic rings. The molecule has 0 spiro atoms. The number of hydrogen-bond acceptors (Lipinski definition) is 3. The molecule has 0 unspecified atom stereocenters. The fourth-order valence-corrected chi connectivity index (χ4v) is 2.19. The zero-order valence-corrected chi connectivity index (χ0v) is 9.60. The Bertz CT molecular complexity index is 224. The molecule has 0 N–H and O–H groups in total. The summed E-state index contributed by atoms with van der Waals surface area (Å²) in [6.45, 7) is 4.79. The largest absolute Gasteiger partial charge is 0.384 e. The van der Waals surface area contributed by atoms with Crippen molar-refractivity contribution in [3.8, 4) is 0 Å². The third kappa shape index (κ3) is 5.23. The third-order valence-electron chi connectivity index (χ3n) is 1.64. The van der Waals surface area contributed by atoms with Crippen molar-refractivity contribution in [3.63, 3.8) is 0 Å². The molecule has 0 bridgehead atoms. The topological polar surface area (TPSA) is 46.6 Å². The van der Waals surface area contributed by atoms with Gasteiger partial charge in [-0.15, -0.1) is 0 Å². The summed E-state index contributed by atoms with van der Waals surface area (Å²) in [6, 6.07) is 0. The Morgan fingerprint density at radius 3 is 2.31 bits per heavy atom. The molecule has 0 saturated heterocycles. The van der Waals surface area contributed by atoms with Crippen molar-refractivity contribution >= 4 is 10.0 Å². The van der Waals surface area contributed by atoms with Gasteiger partial charge in [-0.1, -0.05) is 13.8 Å². The van der Waals surface area contributed by atoms with Crippen LogP contribution in [0.15, 0.2) is 0 Å². The highest BCUT2D eigenvalue weighted by atomic mass is 32.2. The summed E-state index contributed by atoms with van der Waals surface area (Å²) < 4.78 is 29.1. The molecule has 0 rings (SSSR count). The van der Waals surface area contributed by atoms with Crippen molar-refractivity contribution in [2.75, 3.05) is 33.1 Å². The van der Waals surface area contributed by atoms with Gasteiger partial charge in [-0.25, -0.2) is 12.7 Å². The maximum absolute atomic E-state index is 11.5. The highest BCUT2D eigenvalue weighted by Crippen LogP contribution is 2.02. The Morgan fingerprint density at radius 1 is 1.38 bits per heavy atom. The van der Waals surface area contributed by atoms with Crippen molar-refractivity contribution in [3.05, 3.63) is 0 Å². The lowest BCUT2D eigenvalue weighted by Crippen LogP contribution is -2.33. The Labute approximate surface area is 80.9 Å². The van der Waals surface area contributed by atoms with E-state index < -0.39 is 10.0 Å². The summed E-state index contributed by atoms with van der Waals surface area (Å²) >= 11 is 0. The molecule has 0 aliphatic carbocycles. The number of ether oxygens (including phenoxy) is 1. The first-order chi connectivity index (χ1) is 5.90. The molecule has 0 aliphatic rings. The summed E-state index contributed by atoms with van der Waals surface area (Å²) in [5.74, 6) is 0.412. The highest BCUT2D eigenvalue weighted by molar-refractivity contribution is 7.89. The number of hydrogen-bond donors (Lipinski definition) is 0. The predicted octanol–water partition coefficient (Wildman–Crippen LogP) is 0.550. The van der Waals surface area contributed by atoms with Gasteiger partial charge >= 0.3 is 0 Å². The van der Waals surface area contributed by atoms with E-state index in [1.54, 1.807) is 7.05 Å². The van der Waals surface area contributed by atoms with E-state index in [4.69, 9.17) is 4.74 Å². The van der Waals surface area contributed by atoms with Gasteiger partial charge in [0.1, 0.15) is 0 Å². The zero-order valence-electron chi connectivity index (χ0n) is 8.78. The van der Waals surface area contributed by atoms with E-state index in [1.165, 1.54) is 11.4 Å². The molecule has 0 aromatic heterocycles. The van der Waals surface area contributed by atoms with E-state index in [9.17, 15) is 8.42 Å². The number of rotatable bonds is 6. The van der Waals surface area contributed by atoms with E-state index in [2.05, 4.69) is 0 Å². The lowest BCUT2D eigenvalue weighted by molar-refractivity contribution is 0.215. The van der Waals surface area contributed by atoms with Gasteiger partial charge in [-0.05, 0) is 5.92 Å². The molecule has 0 atom stereocenters. The van der Waals surface area contributed by atoms with Gasteiger partial charge in [0.2, 0.25) is 10.0 Å². The van der Waals surface area contributed by atoms with Gasteiger partial charge in [0.15, 0.2) is 0 Å². The van der Waals surface area contributed by atoms with Gasteiger partial charge in [0.05, 0.1) is 12.4 Å². The van der Waals surface area contributed by atoms with Crippen LogP contribution in [0.1, 0.15) is 13.8 Å². The fourth-order valence-electron chi connectivity index (χ4n) is 0.972. The molecule has 0 aliphatic heterocycles. The Balaban J connectivity index is 4.12. The third-order valence-corrected chi connectivity index (χ3v) is 3.42. The van der Waals surface area contributed by atoms with Crippen molar-refractivity contribution < 1.29 is 13.2 Å². The van der Waals surface area contributed by atoms with Crippen molar-refractivity contribution in [2.24, 2.45) is 5.92 Å². The SMILES string of the molecule is COCCS(=O)(=O)N(C)CC(C)C. The molecule has 0 aromatic carbocycles. The van der Waals surface area contributed by atoms with E-state index in [0.717, 1.165) is 0 Å². The minimum atomic E-state index is -3.11. The second-order valence-electron chi connectivity index (χ2n) is 3.48. The molecule has 0 saturated carbocycles. The van der Waals surface area contributed by atoms with Gasteiger partial charge < -0.3 is 4.74 Å². The zero-order chi connectivity index (χ0) is 10.5. The van der Waals surface area contributed by atoms with Crippen LogP contribution in [0.3, 0.4) is 0 Å². The summed E-state index contributed by atoms with van der Waals surface area (Å²) in [4.78, 5) is 0. The quantitative estimate of drug-likeness (QED) is 0.642. The summed E-state index contributed by atoms with van der Waals surface area (Å²) in [5, 5.41) is 0. The Kier molecular flexibility index (Phi) is 5.51. The fraction of sp³-hybridized carbons (Fsp3) is 1.00. The van der Waals surface area contributed by atoms with Gasteiger partial charge in [0.25, 0.3) is 0 Å². The van der Waals surface area contributed by atoms with Crippen LogP contribution in [0.2, 0.25) is 0 Å². The molecule has 0 amide bonds. The molecule has 5 heteroatoms. The van der Waals surface area contributed by atoms with E-state index >= 15 is 0 Å². The first-order valence-corrected chi connectivity index (χ1v) is 5.94. The van der Waals surface area contributed by atoms with Gasteiger partial charge in [0, 0.05) is 20.7 Å². The maximum Gasteiger partial charge on any atom is 0.216 e. The Hall–Kier alpha value is -0.130. The number of nitrogens with zero attached hydrogens (tertiary/aromatic N) is 1. The molecular formula is C8H19NO3S. The van der Waals surface area contributed by atoms with Gasteiger partial charge in [-0.2, -0.15) is 0 Å². The average molecular weight is 209 g/mol. The number of sulfonamides is 1. The maximum atomic E-state index is 11.5. The average Bonchev–Trinajstić information content (AvgIpc) is 1.99. The van der Waals surface area contributed by atoms with Gasteiger partial charge in [-0.3, -0.25) is 0 Å². The molecule has 0 radical (unpaired) electrons. The lowest BCUT2D eigenvalue weighted by Gasteiger charge is -2.18. The minimum absolute atomic E-state index is 0.0622. The molecular weight excluding hydrogens is 190 g/mol. The number of methoxy groups -OCH3 is 1. The van der Waals surface area contributed by atoms with Crippen molar-refractivity contribution in [1.29, 1.82) is 0 Å². The van der Waals surface area contributed by atoms with Crippen molar-refractivity contribution in [2.45, 2.75) is 13.8 Å². The smallest absolute Gasteiger partial charge is 0.216 e. The van der Waals surface area contributed by atoms with Crippen LogP contribution in [0.25, 0.3) is 0 Å². The minimum Gasteiger partial charge on any atom is -0.384 e. The summed E-state index contributed by atoms with van der Waals surface area (Å²) in [5.41, 5.74) is 0. The Morgan fingerprint density at radius 2 is 1.92 bits per heavy atom. The van der Waals surface area contributed by atoms with Crippen molar-refractivity contribution in [1.82, 2.24) is 4.31 Å². The molecule has 80 valence electrons. The van der Waals surface area contributed by atoms with Crippen LogP contribution < -0.4 is 0 Å². The highest BCUT2D eigenvalue weighted by Gasteiger charge is 2.17. The van der Waals surface area contributed by atoms with Crippen LogP contribution in [-0.4, -0.2) is 45.8 Å². The van der Waals surface area contributed by atoms with Crippen LogP contribution >= 0.6 is 0 Å². The predicted molar refractivity (Wildman–Crippen MR) is 53.1 cm³/mol. The monoisotopic (exact) mass is 209 g/mol. The van der Waals surface area contributed by atoms with Crippen LogP contribution in [0, 0.1) is 5.92 Å². The second kappa shape index (κ2) is 5.57. The molecule has 0 fully saturated rings. The van der Waals surface area contributed by atoms with E-state index in [0.29, 0.717) is 12.5 Å². The van der Waals surface area contributed by atoms with E-state index in [1.807, 2.05) is 13.8 Å². The normalized spacial score (nSPS) is 12.8.